The van der Waals surface area contributed by atoms with Gasteiger partial charge in [0.2, 0.25) is 0 Å². The quantitative estimate of drug-likeness (QED) is 0.197. The Morgan fingerprint density at radius 2 is 1.31 bits per heavy atom. The van der Waals surface area contributed by atoms with E-state index in [1.165, 1.54) is 36.4 Å². The molecule has 0 saturated carbocycles. The third-order valence-corrected chi connectivity index (χ3v) is 5.93. The third-order valence-electron chi connectivity index (χ3n) is 5.93. The van der Waals surface area contributed by atoms with Crippen LogP contribution in [0.5, 0.6) is 5.75 Å². The van der Waals surface area contributed by atoms with E-state index in [1.54, 1.807) is 12.1 Å². The first-order valence-electron chi connectivity index (χ1n) is 13.0. The summed E-state index contributed by atoms with van der Waals surface area (Å²) in [7, 11) is 0. The van der Waals surface area contributed by atoms with Gasteiger partial charge in [-0.2, -0.15) is 0 Å². The molecule has 0 heterocycles. The molecule has 7 nitrogen and oxygen atoms in total. The van der Waals surface area contributed by atoms with Crippen LogP contribution in [0, 0.1) is 5.41 Å². The molecule has 0 unspecified atom stereocenters. The van der Waals surface area contributed by atoms with E-state index in [0.29, 0.717) is 5.56 Å². The van der Waals surface area contributed by atoms with E-state index in [0.717, 1.165) is 30.2 Å². The van der Waals surface area contributed by atoms with Gasteiger partial charge in [-0.15, -0.1) is 13.2 Å². The number of carbonyl (C=O) groups is 4. The molecule has 0 aliphatic rings. The van der Waals surface area contributed by atoms with Gasteiger partial charge in [0.25, 0.3) is 5.91 Å². The summed E-state index contributed by atoms with van der Waals surface area (Å²) in [5.74, 6) is -3.16. The van der Waals surface area contributed by atoms with Crippen molar-refractivity contribution in [2.75, 3.05) is 6.54 Å². The smallest absolute Gasteiger partial charge is 0.481 e. The molecule has 0 aliphatic heterocycles. The number of halogens is 3. The standard InChI is InChI=1S/C32H30F3NO6/c1-31(2,3)19-20-4-6-21(7-5-20)26(18-27(37)22-12-14-25(15-13-22)42-32(33,34)35)29(40)23-8-10-24(11-9-23)30(41)36-17-16-28(38)39/h4-15,18H,16-17,19H2,1-3H3,(H,36,41)(H,38,39). The second-order valence-corrected chi connectivity index (χ2v) is 10.7. The van der Waals surface area contributed by atoms with E-state index >= 15 is 0 Å². The number of nitrogens with one attached hydrogen (secondary N) is 1. The molecule has 0 aromatic heterocycles. The molecule has 0 aliphatic carbocycles. The van der Waals surface area contributed by atoms with Crippen LogP contribution in [0.2, 0.25) is 0 Å². The molecule has 1 amide bonds. The van der Waals surface area contributed by atoms with Gasteiger partial charge in [-0.25, -0.2) is 0 Å². The number of ether oxygens (including phenoxy) is 1. The summed E-state index contributed by atoms with van der Waals surface area (Å²) in [6.07, 6.45) is -3.20. The second kappa shape index (κ2) is 13.3. The van der Waals surface area contributed by atoms with Crippen LogP contribution >= 0.6 is 0 Å². The first-order chi connectivity index (χ1) is 19.6. The molecule has 0 spiro atoms. The maximum absolute atomic E-state index is 13.6. The van der Waals surface area contributed by atoms with Crippen molar-refractivity contribution in [3.05, 3.63) is 107 Å². The number of carboxylic acid groups (broad SMARTS) is 1. The van der Waals surface area contributed by atoms with Crippen LogP contribution in [0.4, 0.5) is 13.2 Å². The average Bonchev–Trinajstić information content (AvgIpc) is 2.90. The molecule has 220 valence electrons. The highest BCUT2D eigenvalue weighted by Crippen LogP contribution is 2.26. The van der Waals surface area contributed by atoms with Gasteiger partial charge in [0.15, 0.2) is 11.6 Å². The van der Waals surface area contributed by atoms with Gasteiger partial charge in [-0.05, 0) is 65.4 Å². The summed E-state index contributed by atoms with van der Waals surface area (Å²) < 4.78 is 41.4. The van der Waals surface area contributed by atoms with Crippen LogP contribution in [0.25, 0.3) is 5.57 Å². The van der Waals surface area contributed by atoms with E-state index in [-0.39, 0.29) is 40.6 Å². The molecular weight excluding hydrogens is 551 g/mol. The maximum Gasteiger partial charge on any atom is 0.573 e. The lowest BCUT2D eigenvalue weighted by molar-refractivity contribution is -0.274. The third kappa shape index (κ3) is 9.72. The van der Waals surface area contributed by atoms with Gasteiger partial charge in [0.1, 0.15) is 5.75 Å². The predicted octanol–water partition coefficient (Wildman–Crippen LogP) is 6.53. The summed E-state index contributed by atoms with van der Waals surface area (Å²) in [6, 6.07) is 17.2. The molecule has 3 aromatic rings. The van der Waals surface area contributed by atoms with Gasteiger partial charge < -0.3 is 15.2 Å². The predicted molar refractivity (Wildman–Crippen MR) is 150 cm³/mol. The highest BCUT2D eigenvalue weighted by molar-refractivity contribution is 6.32. The van der Waals surface area contributed by atoms with Crippen LogP contribution in [-0.2, 0) is 11.2 Å². The Balaban J connectivity index is 1.92. The molecule has 0 bridgehead atoms. The monoisotopic (exact) mass is 581 g/mol. The lowest BCUT2D eigenvalue weighted by Crippen LogP contribution is -2.26. The van der Waals surface area contributed by atoms with Crippen molar-refractivity contribution in [2.45, 2.75) is 40.0 Å². The maximum atomic E-state index is 13.6. The van der Waals surface area contributed by atoms with E-state index in [1.807, 2.05) is 12.1 Å². The molecule has 10 heteroatoms. The Kier molecular flexibility index (Phi) is 10.1. The molecule has 0 saturated heterocycles. The summed E-state index contributed by atoms with van der Waals surface area (Å²) in [5.41, 5.74) is 2.01. The van der Waals surface area contributed by atoms with Crippen molar-refractivity contribution in [3.8, 4) is 5.75 Å². The van der Waals surface area contributed by atoms with Crippen molar-refractivity contribution in [3.63, 3.8) is 0 Å². The summed E-state index contributed by atoms with van der Waals surface area (Å²) in [6.45, 7) is 6.22. The zero-order chi connectivity index (χ0) is 31.1. The van der Waals surface area contributed by atoms with Crippen molar-refractivity contribution in [1.29, 1.82) is 0 Å². The van der Waals surface area contributed by atoms with E-state index < -0.39 is 35.6 Å². The van der Waals surface area contributed by atoms with Gasteiger partial charge >= 0.3 is 12.3 Å². The first-order valence-corrected chi connectivity index (χ1v) is 13.0. The molecule has 0 atom stereocenters. The summed E-state index contributed by atoms with van der Waals surface area (Å²) >= 11 is 0. The number of benzene rings is 3. The molecule has 2 N–H and O–H groups in total. The number of allylic oxidation sites excluding steroid dienone is 2. The van der Waals surface area contributed by atoms with Gasteiger partial charge in [0.05, 0.1) is 6.42 Å². The number of carboxylic acids is 1. The van der Waals surface area contributed by atoms with E-state index in [9.17, 15) is 32.3 Å². The summed E-state index contributed by atoms with van der Waals surface area (Å²) in [4.78, 5) is 49.7. The Labute approximate surface area is 241 Å². The minimum atomic E-state index is -4.88. The highest BCUT2D eigenvalue weighted by atomic mass is 19.4. The van der Waals surface area contributed by atoms with Crippen LogP contribution < -0.4 is 10.1 Å². The summed E-state index contributed by atoms with van der Waals surface area (Å²) in [5, 5.41) is 11.2. The SMILES string of the molecule is CC(C)(C)Cc1ccc(C(=CC(=O)c2ccc(OC(F)(F)F)cc2)C(=O)c2ccc(C(=O)NCCC(=O)O)cc2)cc1. The molecule has 3 rings (SSSR count). The van der Waals surface area contributed by atoms with Crippen LogP contribution in [0.3, 0.4) is 0 Å². The molecule has 42 heavy (non-hydrogen) atoms. The number of Topliss-reactive ketones (excluding diaryl/α,β-unsaturated/α-hetero) is 1. The number of amides is 1. The van der Waals surface area contributed by atoms with Crippen molar-refractivity contribution < 1.29 is 42.2 Å². The number of rotatable bonds is 11. The molecule has 3 aromatic carbocycles. The number of carbonyl (C=O) groups excluding carboxylic acids is 3. The topological polar surface area (TPSA) is 110 Å². The van der Waals surface area contributed by atoms with Crippen LogP contribution in [-0.4, -0.2) is 41.5 Å². The largest absolute Gasteiger partial charge is 0.573 e. The Bertz CT molecular complexity index is 1470. The Hall–Kier alpha value is -4.73. The Morgan fingerprint density at radius 1 is 0.786 bits per heavy atom. The highest BCUT2D eigenvalue weighted by Gasteiger charge is 2.31. The van der Waals surface area contributed by atoms with Crippen molar-refractivity contribution >= 4 is 29.0 Å². The minimum Gasteiger partial charge on any atom is -0.481 e. The number of hydrogen-bond donors (Lipinski definition) is 2. The van der Waals surface area contributed by atoms with Crippen LogP contribution in [0.1, 0.15) is 69.4 Å². The fourth-order valence-corrected chi connectivity index (χ4v) is 4.04. The Morgan fingerprint density at radius 3 is 1.83 bits per heavy atom. The number of hydrogen-bond acceptors (Lipinski definition) is 5. The van der Waals surface area contributed by atoms with E-state index in [2.05, 4.69) is 30.8 Å². The van der Waals surface area contributed by atoms with Crippen LogP contribution in [0.15, 0.2) is 78.9 Å². The van der Waals surface area contributed by atoms with Crippen molar-refractivity contribution in [1.82, 2.24) is 5.32 Å². The average molecular weight is 582 g/mol. The lowest BCUT2D eigenvalue weighted by Gasteiger charge is -2.18. The normalized spacial score (nSPS) is 12.0. The molecule has 0 radical (unpaired) electrons. The molecular formula is C32H30F3NO6. The lowest BCUT2D eigenvalue weighted by atomic mass is 9.87. The fraction of sp³-hybridized carbons (Fsp3) is 0.250. The van der Waals surface area contributed by atoms with Gasteiger partial charge in [0, 0.05) is 28.8 Å². The number of alkyl halides is 3. The molecule has 0 fully saturated rings. The first kappa shape index (κ1) is 31.8. The zero-order valence-electron chi connectivity index (χ0n) is 23.2. The van der Waals surface area contributed by atoms with Gasteiger partial charge in [-0.3, -0.25) is 19.2 Å². The van der Waals surface area contributed by atoms with Crippen molar-refractivity contribution in [2.24, 2.45) is 5.41 Å². The minimum absolute atomic E-state index is 0.0234. The van der Waals surface area contributed by atoms with Gasteiger partial charge in [-0.1, -0.05) is 57.2 Å². The fourth-order valence-electron chi connectivity index (χ4n) is 4.04. The zero-order valence-corrected chi connectivity index (χ0v) is 23.2. The number of ketones is 2. The second-order valence-electron chi connectivity index (χ2n) is 10.7. The number of aliphatic carboxylic acids is 1. The van der Waals surface area contributed by atoms with E-state index in [4.69, 9.17) is 5.11 Å².